The van der Waals surface area contributed by atoms with Gasteiger partial charge in [0.25, 0.3) is 0 Å². The van der Waals surface area contributed by atoms with E-state index < -0.39 is 0 Å². The van der Waals surface area contributed by atoms with Gasteiger partial charge in [0.05, 0.1) is 31.3 Å². The average Bonchev–Trinajstić information content (AvgIpc) is 2.50. The first-order chi connectivity index (χ1) is 11.1. The van der Waals surface area contributed by atoms with Crippen molar-refractivity contribution >= 4 is 29.3 Å². The van der Waals surface area contributed by atoms with Crippen LogP contribution in [0.1, 0.15) is 20.8 Å². The van der Waals surface area contributed by atoms with Crippen LogP contribution in [-0.2, 0) is 14.3 Å². The number of esters is 1. The van der Waals surface area contributed by atoms with Crippen LogP contribution < -0.4 is 14.8 Å². The standard InChI is InChI=1S/C16H23NO5S/c1-4-20-13-8-7-12(9-14(13)21-5-2)17-15(18)10-23-11-16(19)22-6-3/h7-9H,4-6,10-11H2,1-3H3,(H,17,18). The molecule has 23 heavy (non-hydrogen) atoms. The zero-order valence-electron chi connectivity index (χ0n) is 13.7. The number of benzene rings is 1. The maximum Gasteiger partial charge on any atom is 0.315 e. The molecule has 1 aromatic rings. The molecular formula is C16H23NO5S. The highest BCUT2D eigenvalue weighted by atomic mass is 32.2. The van der Waals surface area contributed by atoms with Crippen molar-refractivity contribution in [1.82, 2.24) is 0 Å². The number of ether oxygens (including phenoxy) is 3. The summed E-state index contributed by atoms with van der Waals surface area (Å²) in [4.78, 5) is 23.1. The summed E-state index contributed by atoms with van der Waals surface area (Å²) in [6.45, 7) is 6.91. The molecule has 0 heterocycles. The quantitative estimate of drug-likeness (QED) is 0.660. The Hall–Kier alpha value is -1.89. The third-order valence-electron chi connectivity index (χ3n) is 2.59. The lowest BCUT2D eigenvalue weighted by Gasteiger charge is -2.13. The molecule has 0 aromatic heterocycles. The van der Waals surface area contributed by atoms with Crippen molar-refractivity contribution in [3.8, 4) is 11.5 Å². The molecule has 1 amide bonds. The molecule has 0 bridgehead atoms. The number of carbonyl (C=O) groups excluding carboxylic acids is 2. The molecule has 0 aliphatic rings. The summed E-state index contributed by atoms with van der Waals surface area (Å²) in [5.74, 6) is 1.07. The van der Waals surface area contributed by atoms with Crippen molar-refractivity contribution in [2.75, 3.05) is 36.6 Å². The van der Waals surface area contributed by atoms with Gasteiger partial charge in [-0.3, -0.25) is 9.59 Å². The zero-order chi connectivity index (χ0) is 17.1. The minimum absolute atomic E-state index is 0.161. The van der Waals surface area contributed by atoms with E-state index in [1.54, 1.807) is 25.1 Å². The number of carbonyl (C=O) groups is 2. The third kappa shape index (κ3) is 7.27. The second kappa shape index (κ2) is 10.8. The molecule has 0 aliphatic heterocycles. The monoisotopic (exact) mass is 341 g/mol. The SMILES string of the molecule is CCOC(=O)CSCC(=O)Nc1ccc(OCC)c(OCC)c1. The van der Waals surface area contributed by atoms with E-state index in [-0.39, 0.29) is 23.4 Å². The first-order valence-corrected chi connectivity index (χ1v) is 8.69. The Morgan fingerprint density at radius 2 is 1.70 bits per heavy atom. The van der Waals surface area contributed by atoms with Crippen LogP contribution in [0.4, 0.5) is 5.69 Å². The Morgan fingerprint density at radius 1 is 1.00 bits per heavy atom. The van der Waals surface area contributed by atoms with Crippen LogP contribution in [0.3, 0.4) is 0 Å². The maximum atomic E-state index is 11.9. The van der Waals surface area contributed by atoms with Crippen molar-refractivity contribution in [1.29, 1.82) is 0 Å². The molecule has 0 atom stereocenters. The van der Waals surface area contributed by atoms with Gasteiger partial charge in [0, 0.05) is 11.8 Å². The van der Waals surface area contributed by atoms with Gasteiger partial charge in [0.15, 0.2) is 11.5 Å². The highest BCUT2D eigenvalue weighted by Crippen LogP contribution is 2.30. The normalized spacial score (nSPS) is 10.0. The zero-order valence-corrected chi connectivity index (χ0v) is 14.5. The summed E-state index contributed by atoms with van der Waals surface area (Å²) in [7, 11) is 0. The predicted molar refractivity (Wildman–Crippen MR) is 91.4 cm³/mol. The van der Waals surface area contributed by atoms with Crippen LogP contribution in [0.15, 0.2) is 18.2 Å². The third-order valence-corrected chi connectivity index (χ3v) is 3.49. The number of thioether (sulfide) groups is 1. The highest BCUT2D eigenvalue weighted by molar-refractivity contribution is 8.00. The van der Waals surface area contributed by atoms with Crippen LogP contribution in [0.25, 0.3) is 0 Å². The molecule has 0 saturated heterocycles. The summed E-state index contributed by atoms with van der Waals surface area (Å²) in [5, 5.41) is 2.77. The smallest absolute Gasteiger partial charge is 0.315 e. The Morgan fingerprint density at radius 3 is 2.35 bits per heavy atom. The van der Waals surface area contributed by atoms with Gasteiger partial charge < -0.3 is 19.5 Å². The first-order valence-electron chi connectivity index (χ1n) is 7.53. The van der Waals surface area contributed by atoms with Crippen molar-refractivity contribution in [3.63, 3.8) is 0 Å². The van der Waals surface area contributed by atoms with E-state index in [4.69, 9.17) is 14.2 Å². The predicted octanol–water partition coefficient (Wildman–Crippen LogP) is 2.72. The molecule has 1 rings (SSSR count). The van der Waals surface area contributed by atoms with Crippen LogP contribution in [0, 0.1) is 0 Å². The topological polar surface area (TPSA) is 73.9 Å². The molecule has 0 saturated carbocycles. The summed E-state index contributed by atoms with van der Waals surface area (Å²) in [6, 6.07) is 5.24. The van der Waals surface area contributed by atoms with Crippen molar-refractivity contribution < 1.29 is 23.8 Å². The maximum absolute atomic E-state index is 11.9. The summed E-state index contributed by atoms with van der Waals surface area (Å²) in [6.07, 6.45) is 0. The lowest BCUT2D eigenvalue weighted by Crippen LogP contribution is -2.16. The Kier molecular flexibility index (Phi) is 8.97. The molecule has 0 unspecified atom stereocenters. The van der Waals surface area contributed by atoms with Gasteiger partial charge in [-0.2, -0.15) is 0 Å². The second-order valence-electron chi connectivity index (χ2n) is 4.37. The minimum Gasteiger partial charge on any atom is -0.490 e. The second-order valence-corrected chi connectivity index (χ2v) is 5.36. The minimum atomic E-state index is -0.315. The molecule has 0 spiro atoms. The van der Waals surface area contributed by atoms with Gasteiger partial charge in [0.1, 0.15) is 0 Å². The molecule has 0 fully saturated rings. The lowest BCUT2D eigenvalue weighted by atomic mass is 10.2. The fourth-order valence-corrected chi connectivity index (χ4v) is 2.37. The number of amides is 1. The van der Waals surface area contributed by atoms with Gasteiger partial charge in [-0.1, -0.05) is 0 Å². The number of nitrogens with one attached hydrogen (secondary N) is 1. The van der Waals surface area contributed by atoms with E-state index in [1.165, 1.54) is 11.8 Å². The van der Waals surface area contributed by atoms with Gasteiger partial charge in [-0.05, 0) is 32.9 Å². The van der Waals surface area contributed by atoms with E-state index in [1.807, 2.05) is 13.8 Å². The van der Waals surface area contributed by atoms with Gasteiger partial charge in [0.2, 0.25) is 5.91 Å². The molecule has 0 aliphatic carbocycles. The van der Waals surface area contributed by atoms with Crippen molar-refractivity contribution in [2.45, 2.75) is 20.8 Å². The fraction of sp³-hybridized carbons (Fsp3) is 0.500. The molecular weight excluding hydrogens is 318 g/mol. The molecule has 1 N–H and O–H groups in total. The van der Waals surface area contributed by atoms with E-state index in [0.717, 1.165) is 0 Å². The highest BCUT2D eigenvalue weighted by Gasteiger charge is 2.10. The molecule has 0 radical (unpaired) electrons. The van der Waals surface area contributed by atoms with Crippen LogP contribution >= 0.6 is 11.8 Å². The van der Waals surface area contributed by atoms with E-state index in [9.17, 15) is 9.59 Å². The van der Waals surface area contributed by atoms with E-state index in [2.05, 4.69) is 5.32 Å². The average molecular weight is 341 g/mol. The van der Waals surface area contributed by atoms with Gasteiger partial charge >= 0.3 is 5.97 Å². The van der Waals surface area contributed by atoms with E-state index in [0.29, 0.717) is 37.0 Å². The Bertz CT molecular complexity index is 521. The van der Waals surface area contributed by atoms with Crippen LogP contribution in [0.5, 0.6) is 11.5 Å². The van der Waals surface area contributed by atoms with E-state index >= 15 is 0 Å². The Balaban J connectivity index is 2.53. The fourth-order valence-electron chi connectivity index (χ4n) is 1.76. The van der Waals surface area contributed by atoms with Crippen molar-refractivity contribution in [3.05, 3.63) is 18.2 Å². The number of hydrogen-bond acceptors (Lipinski definition) is 6. The Labute approximate surface area is 140 Å². The van der Waals surface area contributed by atoms with Crippen molar-refractivity contribution in [2.24, 2.45) is 0 Å². The van der Waals surface area contributed by atoms with Crippen LogP contribution in [-0.4, -0.2) is 43.2 Å². The molecule has 6 nitrogen and oxygen atoms in total. The first kappa shape index (κ1) is 19.2. The molecule has 7 heteroatoms. The largest absolute Gasteiger partial charge is 0.490 e. The number of hydrogen-bond donors (Lipinski definition) is 1. The molecule has 128 valence electrons. The summed E-state index contributed by atoms with van der Waals surface area (Å²) in [5.41, 5.74) is 0.624. The van der Waals surface area contributed by atoms with Gasteiger partial charge in [-0.25, -0.2) is 0 Å². The summed E-state index contributed by atoms with van der Waals surface area (Å²) >= 11 is 1.21. The molecule has 1 aromatic carbocycles. The van der Waals surface area contributed by atoms with Gasteiger partial charge in [-0.15, -0.1) is 11.8 Å². The lowest BCUT2D eigenvalue weighted by molar-refractivity contribution is -0.139. The number of anilines is 1. The van der Waals surface area contributed by atoms with Crippen LogP contribution in [0.2, 0.25) is 0 Å². The summed E-state index contributed by atoms with van der Waals surface area (Å²) < 4.78 is 15.8. The number of rotatable bonds is 10.